The van der Waals surface area contributed by atoms with E-state index in [2.05, 4.69) is 18.6 Å². The molecule has 186 valence electrons. The minimum atomic E-state index is -2.92. The monoisotopic (exact) mass is 474 g/mol. The van der Waals surface area contributed by atoms with E-state index in [0.717, 1.165) is 62.5 Å². The number of alkyl halides is 2. The smallest absolute Gasteiger partial charge is 0.387 e. The fourth-order valence-electron chi connectivity index (χ4n) is 8.20. The molecule has 7 atom stereocenters. The van der Waals surface area contributed by atoms with Gasteiger partial charge in [-0.25, -0.2) is 0 Å². The summed E-state index contributed by atoms with van der Waals surface area (Å²) >= 11 is 0. The van der Waals surface area contributed by atoms with Crippen LogP contribution in [0.2, 0.25) is 0 Å². The molecular formula is C28H36F2O4. The van der Waals surface area contributed by atoms with Gasteiger partial charge in [-0.05, 0) is 110 Å². The molecule has 6 heteroatoms. The fourth-order valence-corrected chi connectivity index (χ4v) is 8.20. The number of methoxy groups -OCH3 is 1. The summed E-state index contributed by atoms with van der Waals surface area (Å²) in [7, 11) is 1.42. The van der Waals surface area contributed by atoms with Crippen molar-refractivity contribution in [1.29, 1.82) is 0 Å². The topological polar surface area (TPSA) is 55.8 Å². The van der Waals surface area contributed by atoms with Crippen LogP contribution in [0.4, 0.5) is 8.78 Å². The number of hydrogen-bond acceptors (Lipinski definition) is 4. The number of aliphatic hydroxyl groups is 1. The zero-order chi connectivity index (χ0) is 24.3. The highest BCUT2D eigenvalue weighted by Gasteiger charge is 2.61. The van der Waals surface area contributed by atoms with Gasteiger partial charge in [-0.3, -0.25) is 4.79 Å². The molecule has 0 heterocycles. The average molecular weight is 475 g/mol. The minimum Gasteiger partial charge on any atom is -0.493 e. The molecule has 0 bridgehead atoms. The van der Waals surface area contributed by atoms with Crippen LogP contribution in [0.15, 0.2) is 23.8 Å². The number of ketones is 1. The number of carbonyl (C=O) groups is 1. The molecular weight excluding hydrogens is 438 g/mol. The lowest BCUT2D eigenvalue weighted by Crippen LogP contribution is -2.54. The van der Waals surface area contributed by atoms with Gasteiger partial charge in [-0.2, -0.15) is 8.78 Å². The van der Waals surface area contributed by atoms with Gasteiger partial charge in [0.2, 0.25) is 0 Å². The van der Waals surface area contributed by atoms with Crippen molar-refractivity contribution in [2.75, 3.05) is 7.11 Å². The van der Waals surface area contributed by atoms with Crippen LogP contribution in [0.3, 0.4) is 0 Å². The van der Waals surface area contributed by atoms with Gasteiger partial charge in [-0.1, -0.05) is 19.9 Å². The van der Waals surface area contributed by atoms with Gasteiger partial charge in [0.1, 0.15) is 0 Å². The van der Waals surface area contributed by atoms with Crippen LogP contribution in [0, 0.1) is 34.5 Å². The third kappa shape index (κ3) is 3.77. The highest BCUT2D eigenvalue weighted by molar-refractivity contribution is 6.06. The highest BCUT2D eigenvalue weighted by atomic mass is 19.3. The predicted molar refractivity (Wildman–Crippen MR) is 126 cm³/mol. The van der Waals surface area contributed by atoms with Crippen molar-refractivity contribution in [2.45, 2.75) is 77.9 Å². The maximum atomic E-state index is 13.7. The van der Waals surface area contributed by atoms with Crippen molar-refractivity contribution in [2.24, 2.45) is 34.5 Å². The first-order valence-corrected chi connectivity index (χ1v) is 12.7. The van der Waals surface area contributed by atoms with Crippen LogP contribution in [0.1, 0.15) is 70.8 Å². The zero-order valence-corrected chi connectivity index (χ0v) is 20.4. The first-order valence-electron chi connectivity index (χ1n) is 12.7. The molecule has 0 radical (unpaired) electrons. The summed E-state index contributed by atoms with van der Waals surface area (Å²) in [5.74, 6) is 2.57. The largest absolute Gasteiger partial charge is 0.493 e. The lowest BCUT2D eigenvalue weighted by Gasteiger charge is -2.59. The molecule has 4 aliphatic rings. The van der Waals surface area contributed by atoms with Crippen LogP contribution in [-0.4, -0.2) is 30.7 Å². The summed E-state index contributed by atoms with van der Waals surface area (Å²) in [6, 6.07) is 4.83. The molecule has 0 spiro atoms. The van der Waals surface area contributed by atoms with Crippen molar-refractivity contribution < 1.29 is 28.2 Å². The molecule has 1 aromatic carbocycles. The lowest BCUT2D eigenvalue weighted by atomic mass is 9.45. The Morgan fingerprint density at radius 3 is 2.62 bits per heavy atom. The SMILES string of the molecule is COc1cc(/C=C2/C[C@@H]3[C@H]4CC[C@H]5C[C@H](O)CC[C@]5(C)[C@@H]4CC[C@]3(C)C2=O)ccc1OC(F)F. The summed E-state index contributed by atoms with van der Waals surface area (Å²) in [4.78, 5) is 13.7. The van der Waals surface area contributed by atoms with E-state index in [1.165, 1.54) is 13.2 Å². The molecule has 34 heavy (non-hydrogen) atoms. The van der Waals surface area contributed by atoms with E-state index in [9.17, 15) is 18.7 Å². The molecule has 1 aromatic rings. The number of rotatable bonds is 4. The number of Topliss-reactive ketones (excluding diaryl/α,β-unsaturated/α-hetero) is 1. The Kier molecular flexibility index (Phi) is 6.02. The minimum absolute atomic E-state index is 0.0107. The van der Waals surface area contributed by atoms with Gasteiger partial charge in [0.25, 0.3) is 0 Å². The Morgan fingerprint density at radius 2 is 1.88 bits per heavy atom. The van der Waals surface area contributed by atoms with Crippen molar-refractivity contribution in [3.05, 3.63) is 29.3 Å². The van der Waals surface area contributed by atoms with E-state index in [-0.39, 0.29) is 34.2 Å². The summed E-state index contributed by atoms with van der Waals surface area (Å²) in [6.07, 6.45) is 9.76. The molecule has 0 aliphatic heterocycles. The second kappa shape index (κ2) is 8.61. The Hall–Kier alpha value is -1.95. The van der Waals surface area contributed by atoms with Crippen LogP contribution < -0.4 is 9.47 Å². The summed E-state index contributed by atoms with van der Waals surface area (Å²) in [5, 5.41) is 10.3. The van der Waals surface area contributed by atoms with Gasteiger partial charge >= 0.3 is 6.61 Å². The summed E-state index contributed by atoms with van der Waals surface area (Å²) in [5.41, 5.74) is 1.54. The normalized spacial score (nSPS) is 40.6. The first kappa shape index (κ1) is 23.8. The van der Waals surface area contributed by atoms with E-state index in [1.54, 1.807) is 12.1 Å². The molecule has 0 unspecified atom stereocenters. The number of halogens is 2. The number of benzene rings is 1. The molecule has 4 saturated carbocycles. The van der Waals surface area contributed by atoms with Gasteiger partial charge < -0.3 is 14.6 Å². The van der Waals surface area contributed by atoms with E-state index >= 15 is 0 Å². The molecule has 4 fully saturated rings. The lowest BCUT2D eigenvalue weighted by molar-refractivity contribution is -0.141. The summed E-state index contributed by atoms with van der Waals surface area (Å²) < 4.78 is 35.1. The fraction of sp³-hybridized carbons (Fsp3) is 0.679. The maximum absolute atomic E-state index is 13.7. The maximum Gasteiger partial charge on any atom is 0.387 e. The van der Waals surface area contributed by atoms with Gasteiger partial charge in [0.05, 0.1) is 13.2 Å². The first-order chi connectivity index (χ1) is 16.2. The third-order valence-electron chi connectivity index (χ3n) is 10.0. The van der Waals surface area contributed by atoms with Gasteiger partial charge in [0, 0.05) is 5.41 Å². The number of fused-ring (bicyclic) bond motifs is 5. The third-order valence-corrected chi connectivity index (χ3v) is 10.0. The Balaban J connectivity index is 1.41. The number of ether oxygens (including phenoxy) is 2. The van der Waals surface area contributed by atoms with Gasteiger partial charge in [0.15, 0.2) is 17.3 Å². The second-order valence-corrected chi connectivity index (χ2v) is 11.5. The number of carbonyl (C=O) groups excluding carboxylic acids is 1. The summed E-state index contributed by atoms with van der Waals surface area (Å²) in [6.45, 7) is 1.69. The zero-order valence-electron chi connectivity index (χ0n) is 20.4. The average Bonchev–Trinajstić information content (AvgIpc) is 3.05. The molecule has 1 N–H and O–H groups in total. The Bertz CT molecular complexity index is 991. The molecule has 0 saturated heterocycles. The van der Waals surface area contributed by atoms with E-state index in [1.807, 2.05) is 6.08 Å². The van der Waals surface area contributed by atoms with Crippen molar-refractivity contribution in [1.82, 2.24) is 0 Å². The molecule has 0 amide bonds. The number of aliphatic hydroxyl groups excluding tert-OH is 1. The van der Waals surface area contributed by atoms with Crippen LogP contribution in [-0.2, 0) is 4.79 Å². The van der Waals surface area contributed by atoms with Crippen molar-refractivity contribution in [3.8, 4) is 11.5 Å². The molecule has 4 aliphatic carbocycles. The quantitative estimate of drug-likeness (QED) is 0.523. The molecule has 5 rings (SSSR count). The Morgan fingerprint density at radius 1 is 1.09 bits per heavy atom. The van der Waals surface area contributed by atoms with E-state index in [4.69, 9.17) is 4.74 Å². The van der Waals surface area contributed by atoms with E-state index < -0.39 is 6.61 Å². The van der Waals surface area contributed by atoms with Crippen LogP contribution in [0.25, 0.3) is 6.08 Å². The Labute approximate surface area is 200 Å². The van der Waals surface area contributed by atoms with E-state index in [0.29, 0.717) is 23.7 Å². The van der Waals surface area contributed by atoms with Gasteiger partial charge in [-0.15, -0.1) is 0 Å². The van der Waals surface area contributed by atoms with Crippen molar-refractivity contribution >= 4 is 11.9 Å². The molecule has 0 aromatic heterocycles. The number of hydrogen-bond donors (Lipinski definition) is 1. The second-order valence-electron chi connectivity index (χ2n) is 11.5. The predicted octanol–water partition coefficient (Wildman–Crippen LogP) is 6.26. The number of allylic oxidation sites excluding steroid dienone is 1. The standard InChI is InChI=1S/C28H36F2O4/c1-27-10-8-19(31)15-18(27)5-6-20-21(27)9-11-28(2)22(20)14-17(25(28)32)12-16-4-7-23(34-26(29)30)24(13-16)33-3/h4,7,12-13,18-22,26,31H,5-6,8-11,14-15H2,1-3H3/b17-12-/t18-,19+,20-,21+,22+,27-,28-/m0/s1. The van der Waals surface area contributed by atoms with Crippen molar-refractivity contribution in [3.63, 3.8) is 0 Å². The molecule has 4 nitrogen and oxygen atoms in total. The van der Waals surface area contributed by atoms with Crippen LogP contribution in [0.5, 0.6) is 11.5 Å². The highest BCUT2D eigenvalue weighted by Crippen LogP contribution is 2.66. The van der Waals surface area contributed by atoms with Crippen LogP contribution >= 0.6 is 0 Å².